The van der Waals surface area contributed by atoms with Gasteiger partial charge in [-0.3, -0.25) is 14.2 Å². The smallest absolute Gasteiger partial charge is 0.219 e. The maximum Gasteiger partial charge on any atom is 0.219 e. The zero-order valence-corrected chi connectivity index (χ0v) is 21.0. The molecular weight excluding hydrogens is 436 g/mol. The van der Waals surface area contributed by atoms with Crippen molar-refractivity contribution in [3.05, 3.63) is 46.4 Å². The van der Waals surface area contributed by atoms with Crippen molar-refractivity contribution in [3.63, 3.8) is 0 Å². The number of fused-ring (bicyclic) bond motifs is 2. The summed E-state index contributed by atoms with van der Waals surface area (Å²) >= 11 is 6.76. The molecule has 0 fully saturated rings. The minimum Gasteiger partial charge on any atom is -0.338 e. The summed E-state index contributed by atoms with van der Waals surface area (Å²) in [6.45, 7) is 10.9. The first-order chi connectivity index (χ1) is 16.0. The van der Waals surface area contributed by atoms with E-state index in [1.807, 2.05) is 38.2 Å². The number of rotatable bonds is 3. The molecule has 0 atom stereocenters. The van der Waals surface area contributed by atoms with E-state index in [0.29, 0.717) is 11.6 Å². The van der Waals surface area contributed by atoms with Crippen molar-refractivity contribution in [1.82, 2.24) is 24.5 Å². The number of aromatic nitrogens is 4. The number of carbonyl (C=O) groups excluding carboxylic acids is 1. The van der Waals surface area contributed by atoms with Gasteiger partial charge in [0.15, 0.2) is 5.82 Å². The molecule has 0 radical (unpaired) electrons. The zero-order chi connectivity index (χ0) is 23.7. The molecule has 1 aromatic carbocycles. The first kappa shape index (κ1) is 23.4. The Labute approximate surface area is 200 Å². The molecule has 0 saturated carbocycles. The highest BCUT2D eigenvalue weighted by Crippen LogP contribution is 2.41. The van der Waals surface area contributed by atoms with E-state index in [0.717, 1.165) is 61.5 Å². The molecule has 2 aromatic heterocycles. The maximum absolute atomic E-state index is 12.1. The first-order valence-corrected chi connectivity index (χ1v) is 12.3. The lowest BCUT2D eigenvalue weighted by molar-refractivity contribution is -0.129. The van der Waals surface area contributed by atoms with Gasteiger partial charge >= 0.3 is 0 Å². The van der Waals surface area contributed by atoms with E-state index in [1.54, 1.807) is 11.6 Å². The van der Waals surface area contributed by atoms with Gasteiger partial charge in [-0.15, -0.1) is 0 Å². The lowest BCUT2D eigenvalue weighted by Crippen LogP contribution is -2.35. The Morgan fingerprint density at radius 2 is 1.97 bits per heavy atom. The van der Waals surface area contributed by atoms with Crippen molar-refractivity contribution in [2.75, 3.05) is 18.0 Å². The molecule has 0 bridgehead atoms. The lowest BCUT2D eigenvalue weighted by atomic mass is 9.96. The standard InChI is InChI=1S/C23H27ClN6O.C2H6/c1-4-30-21-7-9-28(15(2)31)14-19(21)23(26-30)29-8-5-6-16-10-18(20(24)11-22(16)29)17-12-25-27(3)13-17;1-2/h10-13H,4-9,14H2,1-3H3;1-2H3. The van der Waals surface area contributed by atoms with Gasteiger partial charge in [-0.05, 0) is 37.5 Å². The minimum atomic E-state index is 0.115. The number of benzene rings is 1. The van der Waals surface area contributed by atoms with Gasteiger partial charge < -0.3 is 9.80 Å². The van der Waals surface area contributed by atoms with Crippen LogP contribution in [0.15, 0.2) is 24.5 Å². The van der Waals surface area contributed by atoms with Gasteiger partial charge in [0.05, 0.1) is 17.8 Å². The van der Waals surface area contributed by atoms with Gasteiger partial charge in [0.2, 0.25) is 5.91 Å². The predicted molar refractivity (Wildman–Crippen MR) is 133 cm³/mol. The molecule has 1 amide bonds. The summed E-state index contributed by atoms with van der Waals surface area (Å²) in [4.78, 5) is 16.3. The Hall–Kier alpha value is -2.80. The van der Waals surface area contributed by atoms with Crippen LogP contribution in [0.5, 0.6) is 0 Å². The fourth-order valence-electron chi connectivity index (χ4n) is 4.83. The van der Waals surface area contributed by atoms with Gasteiger partial charge in [-0.25, -0.2) is 0 Å². The number of amides is 1. The molecule has 8 heteroatoms. The van der Waals surface area contributed by atoms with Crippen LogP contribution in [0, 0.1) is 0 Å². The molecule has 7 nitrogen and oxygen atoms in total. The summed E-state index contributed by atoms with van der Waals surface area (Å²) in [5.41, 5.74) is 6.85. The van der Waals surface area contributed by atoms with Crippen LogP contribution in [0.25, 0.3) is 11.1 Å². The maximum atomic E-state index is 12.1. The van der Waals surface area contributed by atoms with Gasteiger partial charge in [0.1, 0.15) is 0 Å². The predicted octanol–water partition coefficient (Wildman–Crippen LogP) is 4.97. The summed E-state index contributed by atoms with van der Waals surface area (Å²) in [5, 5.41) is 10.00. The Bertz CT molecular complexity index is 1160. The first-order valence-electron chi connectivity index (χ1n) is 11.9. The molecule has 2 aliphatic rings. The fraction of sp³-hybridized carbons (Fsp3) is 0.480. The summed E-state index contributed by atoms with van der Waals surface area (Å²) in [5.74, 6) is 1.08. The molecule has 0 aliphatic carbocycles. The van der Waals surface area contributed by atoms with Crippen molar-refractivity contribution < 1.29 is 4.79 Å². The van der Waals surface area contributed by atoms with E-state index in [1.165, 1.54) is 16.8 Å². The minimum absolute atomic E-state index is 0.115. The molecule has 176 valence electrons. The molecule has 0 N–H and O–H groups in total. The molecule has 4 heterocycles. The van der Waals surface area contributed by atoms with E-state index in [-0.39, 0.29) is 5.91 Å². The SMILES string of the molecule is CC.CCn1nc(N2CCCc3cc(-c4cnn(C)c4)c(Cl)cc32)c2c1CCN(C(C)=O)C2. The molecule has 0 spiro atoms. The Kier molecular flexibility index (Phi) is 6.79. The van der Waals surface area contributed by atoms with E-state index in [9.17, 15) is 4.79 Å². The van der Waals surface area contributed by atoms with Crippen LogP contribution in [0.3, 0.4) is 0 Å². The highest BCUT2D eigenvalue weighted by Gasteiger charge is 2.31. The molecule has 33 heavy (non-hydrogen) atoms. The summed E-state index contributed by atoms with van der Waals surface area (Å²) < 4.78 is 3.89. The molecular formula is C25H33ClN6O. The molecule has 0 unspecified atom stereocenters. The van der Waals surface area contributed by atoms with Crippen LogP contribution in [0.4, 0.5) is 11.5 Å². The summed E-state index contributed by atoms with van der Waals surface area (Å²) in [6.07, 6.45) is 6.74. The van der Waals surface area contributed by atoms with Crippen LogP contribution in [-0.4, -0.2) is 43.5 Å². The largest absolute Gasteiger partial charge is 0.338 e. The van der Waals surface area contributed by atoms with Gasteiger partial charge in [0, 0.05) is 74.3 Å². The van der Waals surface area contributed by atoms with E-state index in [2.05, 4.69) is 33.7 Å². The van der Waals surface area contributed by atoms with E-state index < -0.39 is 0 Å². The van der Waals surface area contributed by atoms with Crippen LogP contribution in [-0.2, 0) is 37.8 Å². The Morgan fingerprint density at radius 1 is 1.18 bits per heavy atom. The molecule has 3 aromatic rings. The second-order valence-corrected chi connectivity index (χ2v) is 8.78. The van der Waals surface area contributed by atoms with Gasteiger partial charge in [0.25, 0.3) is 0 Å². The average molecular weight is 469 g/mol. The van der Waals surface area contributed by atoms with Crippen molar-refractivity contribution in [2.45, 2.75) is 60.0 Å². The fourth-order valence-corrected chi connectivity index (χ4v) is 5.10. The van der Waals surface area contributed by atoms with Crippen molar-refractivity contribution in [1.29, 1.82) is 0 Å². The third-order valence-corrected chi connectivity index (χ3v) is 6.73. The monoisotopic (exact) mass is 468 g/mol. The van der Waals surface area contributed by atoms with Crippen molar-refractivity contribution >= 4 is 29.0 Å². The van der Waals surface area contributed by atoms with Crippen LogP contribution in [0.1, 0.15) is 50.9 Å². The van der Waals surface area contributed by atoms with Crippen molar-refractivity contribution in [2.24, 2.45) is 7.05 Å². The molecule has 2 aliphatic heterocycles. The molecule has 5 rings (SSSR count). The van der Waals surface area contributed by atoms with Gasteiger partial charge in [-0.1, -0.05) is 25.4 Å². The number of anilines is 2. The Balaban J connectivity index is 0.00000126. The number of halogens is 1. The number of hydrogen-bond acceptors (Lipinski definition) is 4. The van der Waals surface area contributed by atoms with E-state index in [4.69, 9.17) is 16.7 Å². The number of hydrogen-bond donors (Lipinski definition) is 0. The highest BCUT2D eigenvalue weighted by atomic mass is 35.5. The highest BCUT2D eigenvalue weighted by molar-refractivity contribution is 6.33. The third-order valence-electron chi connectivity index (χ3n) is 6.42. The number of carbonyl (C=O) groups is 1. The van der Waals surface area contributed by atoms with Gasteiger partial charge in [-0.2, -0.15) is 10.2 Å². The Morgan fingerprint density at radius 3 is 2.64 bits per heavy atom. The quantitative estimate of drug-likeness (QED) is 0.544. The number of aryl methyl sites for hydroxylation is 3. The van der Waals surface area contributed by atoms with E-state index >= 15 is 0 Å². The van der Waals surface area contributed by atoms with Crippen LogP contribution >= 0.6 is 11.6 Å². The second-order valence-electron chi connectivity index (χ2n) is 8.37. The molecule has 0 saturated heterocycles. The summed E-state index contributed by atoms with van der Waals surface area (Å²) in [7, 11) is 1.91. The lowest BCUT2D eigenvalue weighted by Gasteiger charge is -2.33. The van der Waals surface area contributed by atoms with Crippen LogP contribution in [0.2, 0.25) is 5.02 Å². The normalized spacial score (nSPS) is 15.0. The van der Waals surface area contributed by atoms with Crippen molar-refractivity contribution in [3.8, 4) is 11.1 Å². The zero-order valence-electron chi connectivity index (χ0n) is 20.2. The average Bonchev–Trinajstić information content (AvgIpc) is 3.42. The second kappa shape index (κ2) is 9.59. The third kappa shape index (κ3) is 4.26. The topological polar surface area (TPSA) is 59.2 Å². The van der Waals surface area contributed by atoms with Crippen LogP contribution < -0.4 is 4.90 Å². The summed E-state index contributed by atoms with van der Waals surface area (Å²) in [6, 6.07) is 4.27. The number of nitrogens with zero attached hydrogens (tertiary/aromatic N) is 6.